The van der Waals surface area contributed by atoms with Crippen LogP contribution in [0.2, 0.25) is 0 Å². The van der Waals surface area contributed by atoms with Gasteiger partial charge >= 0.3 is 0 Å². The fourth-order valence-electron chi connectivity index (χ4n) is 1.33. The van der Waals surface area contributed by atoms with Gasteiger partial charge in [-0.25, -0.2) is 4.98 Å². The molecule has 1 aromatic carbocycles. The summed E-state index contributed by atoms with van der Waals surface area (Å²) in [6.07, 6.45) is 3.23. The Labute approximate surface area is 94.1 Å². The van der Waals surface area contributed by atoms with E-state index in [-0.39, 0.29) is 0 Å². The van der Waals surface area contributed by atoms with Gasteiger partial charge in [0.25, 0.3) is 0 Å². The van der Waals surface area contributed by atoms with E-state index in [2.05, 4.69) is 9.97 Å². The normalized spacial score (nSPS) is 10.1. The van der Waals surface area contributed by atoms with Crippen LogP contribution in [0, 0.1) is 13.8 Å². The van der Waals surface area contributed by atoms with Crippen LogP contribution in [0.4, 0.5) is 5.69 Å². The summed E-state index contributed by atoms with van der Waals surface area (Å²) >= 11 is 0. The molecule has 1 heterocycles. The number of benzene rings is 1. The second kappa shape index (κ2) is 4.18. The largest absolute Gasteiger partial charge is 0.437 e. The summed E-state index contributed by atoms with van der Waals surface area (Å²) < 4.78 is 5.67. The topological polar surface area (TPSA) is 61.0 Å². The number of nitrogens with zero attached hydrogens (tertiary/aromatic N) is 2. The molecule has 0 atom stereocenters. The highest BCUT2D eigenvalue weighted by Gasteiger charge is 2.05. The maximum absolute atomic E-state index is 5.70. The van der Waals surface area contributed by atoms with Crippen LogP contribution in [0.1, 0.15) is 11.3 Å². The van der Waals surface area contributed by atoms with E-state index >= 15 is 0 Å². The van der Waals surface area contributed by atoms with Crippen molar-refractivity contribution < 1.29 is 4.74 Å². The molecule has 0 saturated heterocycles. The molecule has 0 saturated carbocycles. The van der Waals surface area contributed by atoms with Crippen LogP contribution in [-0.2, 0) is 0 Å². The van der Waals surface area contributed by atoms with Gasteiger partial charge in [-0.05, 0) is 25.5 Å². The molecule has 0 aliphatic rings. The van der Waals surface area contributed by atoms with E-state index in [0.717, 1.165) is 11.3 Å². The van der Waals surface area contributed by atoms with Gasteiger partial charge in [0.2, 0.25) is 5.88 Å². The van der Waals surface area contributed by atoms with Crippen LogP contribution in [0.25, 0.3) is 0 Å². The first-order chi connectivity index (χ1) is 7.66. The van der Waals surface area contributed by atoms with Gasteiger partial charge in [-0.15, -0.1) is 0 Å². The number of rotatable bonds is 2. The molecule has 4 nitrogen and oxygen atoms in total. The number of hydrogen-bond donors (Lipinski definition) is 1. The molecule has 0 unspecified atom stereocenters. The van der Waals surface area contributed by atoms with Crippen molar-refractivity contribution in [3.8, 4) is 11.6 Å². The zero-order valence-corrected chi connectivity index (χ0v) is 9.27. The lowest BCUT2D eigenvalue weighted by atomic mass is 10.2. The highest BCUT2D eigenvalue weighted by Crippen LogP contribution is 2.26. The van der Waals surface area contributed by atoms with E-state index < -0.39 is 0 Å². The summed E-state index contributed by atoms with van der Waals surface area (Å²) in [5.41, 5.74) is 8.14. The summed E-state index contributed by atoms with van der Waals surface area (Å²) in [6.45, 7) is 3.81. The van der Waals surface area contributed by atoms with Crippen LogP contribution in [-0.4, -0.2) is 9.97 Å². The van der Waals surface area contributed by atoms with Gasteiger partial charge in [0.15, 0.2) is 0 Å². The van der Waals surface area contributed by atoms with Crippen molar-refractivity contribution in [2.24, 2.45) is 0 Å². The minimum Gasteiger partial charge on any atom is -0.437 e. The molecule has 4 heteroatoms. The van der Waals surface area contributed by atoms with Gasteiger partial charge in [-0.2, -0.15) is 0 Å². The van der Waals surface area contributed by atoms with Crippen LogP contribution >= 0.6 is 0 Å². The molecule has 0 amide bonds. The molecule has 2 N–H and O–H groups in total. The lowest BCUT2D eigenvalue weighted by Crippen LogP contribution is -1.95. The van der Waals surface area contributed by atoms with Gasteiger partial charge in [0.05, 0.1) is 5.69 Å². The lowest BCUT2D eigenvalue weighted by molar-refractivity contribution is 0.452. The average Bonchev–Trinajstić information content (AvgIpc) is 2.27. The summed E-state index contributed by atoms with van der Waals surface area (Å²) in [4.78, 5) is 8.23. The fraction of sp³-hybridized carbons (Fsp3) is 0.167. The molecule has 0 radical (unpaired) electrons. The number of ether oxygens (including phenoxy) is 1. The predicted molar refractivity (Wildman–Crippen MR) is 62.4 cm³/mol. The summed E-state index contributed by atoms with van der Waals surface area (Å²) in [5, 5.41) is 0. The minimum atomic E-state index is 0.510. The summed E-state index contributed by atoms with van der Waals surface area (Å²) in [5.74, 6) is 1.22. The number of aryl methyl sites for hydroxylation is 2. The zero-order valence-electron chi connectivity index (χ0n) is 9.27. The van der Waals surface area contributed by atoms with Crippen molar-refractivity contribution in [1.29, 1.82) is 0 Å². The van der Waals surface area contributed by atoms with Crippen molar-refractivity contribution in [3.63, 3.8) is 0 Å². The Balaban J connectivity index is 2.34. The number of nitrogen functional groups attached to an aromatic ring is 1. The van der Waals surface area contributed by atoms with Gasteiger partial charge in [0, 0.05) is 24.1 Å². The second-order valence-corrected chi connectivity index (χ2v) is 3.57. The quantitative estimate of drug-likeness (QED) is 0.782. The van der Waals surface area contributed by atoms with Gasteiger partial charge < -0.3 is 10.5 Å². The molecular formula is C12H13N3O. The lowest BCUT2D eigenvalue weighted by Gasteiger charge is -2.09. The maximum atomic E-state index is 5.70. The molecule has 0 aliphatic heterocycles. The third kappa shape index (κ3) is 2.11. The first-order valence-electron chi connectivity index (χ1n) is 4.98. The highest BCUT2D eigenvalue weighted by atomic mass is 16.5. The third-order valence-corrected chi connectivity index (χ3v) is 2.25. The molecule has 16 heavy (non-hydrogen) atoms. The Morgan fingerprint density at radius 1 is 1.12 bits per heavy atom. The Hall–Kier alpha value is -2.10. The number of anilines is 1. The smallest absolute Gasteiger partial charge is 0.240 e. The summed E-state index contributed by atoms with van der Waals surface area (Å²) in [7, 11) is 0. The van der Waals surface area contributed by atoms with Crippen molar-refractivity contribution in [1.82, 2.24) is 9.97 Å². The predicted octanol–water partition coefficient (Wildman–Crippen LogP) is 2.47. The highest BCUT2D eigenvalue weighted by molar-refractivity contribution is 5.49. The minimum absolute atomic E-state index is 0.510. The van der Waals surface area contributed by atoms with Crippen molar-refractivity contribution in [3.05, 3.63) is 41.9 Å². The number of aromatic nitrogens is 2. The molecule has 2 rings (SSSR count). The van der Waals surface area contributed by atoms with Crippen LogP contribution < -0.4 is 10.5 Å². The first kappa shape index (κ1) is 10.4. The molecular weight excluding hydrogens is 202 g/mol. The Morgan fingerprint density at radius 3 is 2.62 bits per heavy atom. The van der Waals surface area contributed by atoms with E-state index in [4.69, 9.17) is 10.5 Å². The Kier molecular flexibility index (Phi) is 2.72. The molecule has 0 bridgehead atoms. The van der Waals surface area contributed by atoms with E-state index in [1.165, 1.54) is 0 Å². The molecule has 0 aliphatic carbocycles. The molecule has 1 aromatic heterocycles. The Morgan fingerprint density at radius 2 is 1.88 bits per heavy atom. The van der Waals surface area contributed by atoms with E-state index in [1.807, 2.05) is 26.0 Å². The SMILES string of the molecule is Cc1ccc(N)cc1Oc1nccnc1C. The summed E-state index contributed by atoms with van der Waals surface area (Å²) in [6, 6.07) is 5.53. The van der Waals surface area contributed by atoms with Crippen molar-refractivity contribution in [2.75, 3.05) is 5.73 Å². The molecule has 2 aromatic rings. The molecule has 82 valence electrons. The maximum Gasteiger partial charge on any atom is 0.240 e. The van der Waals surface area contributed by atoms with Crippen LogP contribution in [0.5, 0.6) is 11.6 Å². The third-order valence-electron chi connectivity index (χ3n) is 2.25. The molecule has 0 spiro atoms. The zero-order chi connectivity index (χ0) is 11.5. The van der Waals surface area contributed by atoms with Crippen molar-refractivity contribution >= 4 is 5.69 Å². The first-order valence-corrected chi connectivity index (χ1v) is 4.98. The Bertz CT molecular complexity index is 511. The number of hydrogen-bond acceptors (Lipinski definition) is 4. The fourth-order valence-corrected chi connectivity index (χ4v) is 1.33. The average molecular weight is 215 g/mol. The standard InChI is InChI=1S/C12H13N3O/c1-8-3-4-10(13)7-11(8)16-12-9(2)14-5-6-15-12/h3-7H,13H2,1-2H3. The van der Waals surface area contributed by atoms with Crippen molar-refractivity contribution in [2.45, 2.75) is 13.8 Å². The van der Waals surface area contributed by atoms with Crippen LogP contribution in [0.15, 0.2) is 30.6 Å². The van der Waals surface area contributed by atoms with E-state index in [0.29, 0.717) is 17.3 Å². The molecule has 0 fully saturated rings. The van der Waals surface area contributed by atoms with E-state index in [1.54, 1.807) is 18.5 Å². The van der Waals surface area contributed by atoms with Gasteiger partial charge in [0.1, 0.15) is 5.75 Å². The number of nitrogens with two attached hydrogens (primary N) is 1. The van der Waals surface area contributed by atoms with Crippen LogP contribution in [0.3, 0.4) is 0 Å². The van der Waals surface area contributed by atoms with E-state index in [9.17, 15) is 0 Å². The van der Waals surface area contributed by atoms with Gasteiger partial charge in [-0.3, -0.25) is 4.98 Å². The second-order valence-electron chi connectivity index (χ2n) is 3.57. The monoisotopic (exact) mass is 215 g/mol. The van der Waals surface area contributed by atoms with Gasteiger partial charge in [-0.1, -0.05) is 6.07 Å².